The predicted molar refractivity (Wildman–Crippen MR) is 71.8 cm³/mol. The van der Waals surface area contributed by atoms with Crippen molar-refractivity contribution in [1.29, 1.82) is 0 Å². The molecule has 0 unspecified atom stereocenters. The first kappa shape index (κ1) is 15.2. The van der Waals surface area contributed by atoms with E-state index in [1.54, 1.807) is 12.1 Å². The number of hydrogen-bond donors (Lipinski definition) is 3. The van der Waals surface area contributed by atoms with Gasteiger partial charge < -0.3 is 15.7 Å². The number of carboxylic acids is 1. The number of thioether (sulfide) groups is 1. The number of aromatic nitrogens is 2. The quantitative estimate of drug-likeness (QED) is 0.673. The summed E-state index contributed by atoms with van der Waals surface area (Å²) >= 11 is 1.53. The Balaban J connectivity index is 2.38. The molecular formula is C11H16N4O3S. The lowest BCUT2D eigenvalue weighted by Gasteiger charge is -2.14. The number of amides is 2. The van der Waals surface area contributed by atoms with Gasteiger partial charge in [-0.3, -0.25) is 0 Å². The fraction of sp³-hybridized carbons (Fsp3) is 0.455. The van der Waals surface area contributed by atoms with Crippen molar-refractivity contribution in [3.05, 3.63) is 24.0 Å². The third kappa shape index (κ3) is 6.05. The van der Waals surface area contributed by atoms with Crippen LogP contribution in [0.15, 0.2) is 18.3 Å². The Bertz CT molecular complexity index is 416. The highest BCUT2D eigenvalue weighted by Gasteiger charge is 2.18. The third-order valence-electron chi connectivity index (χ3n) is 2.27. The standard InChI is InChI=1S/C11H16N4O3S/c1-19-6-4-9(10(16)17)14-11(18)12-7-8-3-2-5-13-15-8/h2-3,5,9H,4,6-7H2,1H3,(H,16,17)(H2,12,14,18)/t9-/m1/s1. The summed E-state index contributed by atoms with van der Waals surface area (Å²) < 4.78 is 0. The summed E-state index contributed by atoms with van der Waals surface area (Å²) in [6, 6.07) is 2.02. The van der Waals surface area contributed by atoms with Gasteiger partial charge in [0.1, 0.15) is 6.04 Å². The van der Waals surface area contributed by atoms with Gasteiger partial charge in [-0.05, 0) is 30.6 Å². The van der Waals surface area contributed by atoms with Crippen LogP contribution in [0.5, 0.6) is 0 Å². The van der Waals surface area contributed by atoms with Crippen molar-refractivity contribution in [1.82, 2.24) is 20.8 Å². The molecule has 0 saturated carbocycles. The second kappa shape index (κ2) is 8.30. The molecule has 1 heterocycles. The Morgan fingerprint density at radius 2 is 2.32 bits per heavy atom. The molecule has 1 aromatic heterocycles. The van der Waals surface area contributed by atoms with Gasteiger partial charge in [-0.25, -0.2) is 9.59 Å². The lowest BCUT2D eigenvalue weighted by atomic mass is 10.2. The van der Waals surface area contributed by atoms with Crippen LogP contribution in [-0.2, 0) is 11.3 Å². The van der Waals surface area contributed by atoms with E-state index in [4.69, 9.17) is 5.11 Å². The van der Waals surface area contributed by atoms with Crippen LogP contribution >= 0.6 is 11.8 Å². The number of aliphatic carboxylic acids is 1. The minimum absolute atomic E-state index is 0.203. The van der Waals surface area contributed by atoms with Gasteiger partial charge in [0.25, 0.3) is 0 Å². The number of carbonyl (C=O) groups excluding carboxylic acids is 1. The summed E-state index contributed by atoms with van der Waals surface area (Å²) in [6.07, 6.45) is 3.80. The number of hydrogen-bond acceptors (Lipinski definition) is 5. The van der Waals surface area contributed by atoms with Crippen LogP contribution in [0.4, 0.5) is 4.79 Å². The van der Waals surface area contributed by atoms with E-state index >= 15 is 0 Å². The Hall–Kier alpha value is -1.83. The molecule has 19 heavy (non-hydrogen) atoms. The monoisotopic (exact) mass is 284 g/mol. The van der Waals surface area contributed by atoms with Crippen molar-refractivity contribution < 1.29 is 14.7 Å². The molecule has 1 atom stereocenters. The molecule has 0 aliphatic carbocycles. The van der Waals surface area contributed by atoms with Crippen LogP contribution in [-0.4, -0.2) is 45.4 Å². The van der Waals surface area contributed by atoms with Gasteiger partial charge in [0.15, 0.2) is 0 Å². The normalized spacial score (nSPS) is 11.6. The number of nitrogens with one attached hydrogen (secondary N) is 2. The van der Waals surface area contributed by atoms with Crippen molar-refractivity contribution in [3.63, 3.8) is 0 Å². The van der Waals surface area contributed by atoms with Gasteiger partial charge in [0, 0.05) is 6.20 Å². The topological polar surface area (TPSA) is 104 Å². The zero-order valence-electron chi connectivity index (χ0n) is 10.5. The second-order valence-electron chi connectivity index (χ2n) is 3.71. The first-order chi connectivity index (χ1) is 9.13. The molecular weight excluding hydrogens is 268 g/mol. The molecule has 0 saturated heterocycles. The molecule has 2 amide bonds. The lowest BCUT2D eigenvalue weighted by Crippen LogP contribution is -2.46. The fourth-order valence-corrected chi connectivity index (χ4v) is 1.77. The van der Waals surface area contributed by atoms with Gasteiger partial charge in [-0.1, -0.05) is 0 Å². The number of carbonyl (C=O) groups is 2. The van der Waals surface area contributed by atoms with Crippen molar-refractivity contribution in [2.45, 2.75) is 19.0 Å². The van der Waals surface area contributed by atoms with Crippen LogP contribution in [0, 0.1) is 0 Å². The van der Waals surface area contributed by atoms with Crippen molar-refractivity contribution in [3.8, 4) is 0 Å². The molecule has 0 spiro atoms. The second-order valence-corrected chi connectivity index (χ2v) is 4.70. The van der Waals surface area contributed by atoms with Crippen molar-refractivity contribution in [2.75, 3.05) is 12.0 Å². The number of urea groups is 1. The average molecular weight is 284 g/mol. The number of nitrogens with zero attached hydrogens (tertiary/aromatic N) is 2. The van der Waals surface area contributed by atoms with E-state index in [0.717, 1.165) is 0 Å². The van der Waals surface area contributed by atoms with Crippen LogP contribution in [0.25, 0.3) is 0 Å². The van der Waals surface area contributed by atoms with E-state index in [-0.39, 0.29) is 6.54 Å². The SMILES string of the molecule is CSCC[C@@H](NC(=O)NCc1cccnn1)C(=O)O. The van der Waals surface area contributed by atoms with Crippen LogP contribution in [0.2, 0.25) is 0 Å². The minimum Gasteiger partial charge on any atom is -0.480 e. The maximum absolute atomic E-state index is 11.6. The van der Waals surface area contributed by atoms with Crippen LogP contribution in [0.1, 0.15) is 12.1 Å². The van der Waals surface area contributed by atoms with Gasteiger partial charge in [-0.2, -0.15) is 22.0 Å². The molecule has 1 rings (SSSR count). The Morgan fingerprint density at radius 1 is 1.53 bits per heavy atom. The molecule has 1 aromatic rings. The number of rotatable bonds is 7. The van der Waals surface area contributed by atoms with E-state index in [1.807, 2.05) is 6.26 Å². The zero-order chi connectivity index (χ0) is 14.1. The molecule has 0 bridgehead atoms. The summed E-state index contributed by atoms with van der Waals surface area (Å²) in [6.45, 7) is 0.203. The fourth-order valence-electron chi connectivity index (χ4n) is 1.30. The van der Waals surface area contributed by atoms with Crippen molar-refractivity contribution in [2.24, 2.45) is 0 Å². The van der Waals surface area contributed by atoms with Crippen molar-refractivity contribution >= 4 is 23.8 Å². The minimum atomic E-state index is -1.04. The lowest BCUT2D eigenvalue weighted by molar-refractivity contribution is -0.139. The highest BCUT2D eigenvalue weighted by molar-refractivity contribution is 7.98. The van der Waals surface area contributed by atoms with E-state index in [2.05, 4.69) is 20.8 Å². The molecule has 104 valence electrons. The molecule has 3 N–H and O–H groups in total. The van der Waals surface area contributed by atoms with Gasteiger partial charge in [0.05, 0.1) is 12.2 Å². The molecule has 0 aromatic carbocycles. The highest BCUT2D eigenvalue weighted by Crippen LogP contribution is 2.01. The Labute approximate surface area is 115 Å². The van der Waals surface area contributed by atoms with E-state index in [9.17, 15) is 9.59 Å². The van der Waals surface area contributed by atoms with Gasteiger partial charge >= 0.3 is 12.0 Å². The Kier molecular flexibility index (Phi) is 6.65. The van der Waals surface area contributed by atoms with Crippen LogP contribution in [0.3, 0.4) is 0 Å². The third-order valence-corrected chi connectivity index (χ3v) is 2.92. The van der Waals surface area contributed by atoms with E-state index in [1.165, 1.54) is 18.0 Å². The smallest absolute Gasteiger partial charge is 0.326 e. The summed E-state index contributed by atoms with van der Waals surface area (Å²) in [5.41, 5.74) is 0.605. The van der Waals surface area contributed by atoms with Crippen LogP contribution < -0.4 is 10.6 Å². The summed E-state index contributed by atoms with van der Waals surface area (Å²) in [4.78, 5) is 22.5. The Morgan fingerprint density at radius 3 is 2.89 bits per heavy atom. The zero-order valence-corrected chi connectivity index (χ0v) is 11.3. The molecule has 0 radical (unpaired) electrons. The van der Waals surface area contributed by atoms with Gasteiger partial charge in [0.2, 0.25) is 0 Å². The largest absolute Gasteiger partial charge is 0.480 e. The molecule has 0 aliphatic heterocycles. The number of carboxylic acid groups (broad SMARTS) is 1. The summed E-state index contributed by atoms with van der Waals surface area (Å²) in [5.74, 6) is -0.370. The molecule has 7 nitrogen and oxygen atoms in total. The maximum atomic E-state index is 11.6. The van der Waals surface area contributed by atoms with E-state index < -0.39 is 18.0 Å². The summed E-state index contributed by atoms with van der Waals surface area (Å²) in [7, 11) is 0. The highest BCUT2D eigenvalue weighted by atomic mass is 32.2. The first-order valence-electron chi connectivity index (χ1n) is 5.66. The first-order valence-corrected chi connectivity index (χ1v) is 7.05. The molecule has 0 aliphatic rings. The van der Waals surface area contributed by atoms with E-state index in [0.29, 0.717) is 17.9 Å². The molecule has 8 heteroatoms. The van der Waals surface area contributed by atoms with Gasteiger partial charge in [-0.15, -0.1) is 0 Å². The average Bonchev–Trinajstić information content (AvgIpc) is 2.42. The maximum Gasteiger partial charge on any atom is 0.326 e. The predicted octanol–water partition coefficient (Wildman–Crippen LogP) is 0.482. The molecule has 0 fully saturated rings. The summed E-state index contributed by atoms with van der Waals surface area (Å²) in [5, 5.41) is 21.4.